The number of nitrogens with zero attached hydrogens (tertiary/aromatic N) is 1. The summed E-state index contributed by atoms with van der Waals surface area (Å²) < 4.78 is 2.06. The van der Waals surface area contributed by atoms with Gasteiger partial charge in [-0.25, -0.2) is 4.58 Å². The first-order valence-corrected chi connectivity index (χ1v) is 4.56. The van der Waals surface area contributed by atoms with Crippen molar-refractivity contribution < 1.29 is 4.58 Å². The smallest absolute Gasteiger partial charge is 0.170 e. The molecule has 0 amide bonds. The molecule has 0 saturated heterocycles. The Morgan fingerprint density at radius 2 is 1.69 bits per heavy atom. The van der Waals surface area contributed by atoms with E-state index in [9.17, 15) is 0 Å². The van der Waals surface area contributed by atoms with Crippen LogP contribution in [0.25, 0.3) is 0 Å². The van der Waals surface area contributed by atoms with E-state index in [1.54, 1.807) is 0 Å². The minimum atomic E-state index is 1.27. The molecule has 1 heteroatoms. The lowest BCUT2D eigenvalue weighted by Gasteiger charge is -1.94. The highest BCUT2D eigenvalue weighted by Crippen LogP contribution is 2.02. The van der Waals surface area contributed by atoms with Crippen LogP contribution in [0, 0.1) is 0 Å². The largest absolute Gasteiger partial charge is 0.241 e. The number of rotatable bonds is 3. The van der Waals surface area contributed by atoms with Crippen LogP contribution in [-0.4, -0.2) is 24.9 Å². The standard InChI is InChI=1S/C12H20N/c1-6-7-8-9-12(11(2)3)10-13(4)5/h6-10H,1-5H3/q+1. The normalized spacial score (nSPS) is 10.8. The van der Waals surface area contributed by atoms with Crippen molar-refractivity contribution in [2.75, 3.05) is 14.1 Å². The average molecular weight is 178 g/mol. The summed E-state index contributed by atoms with van der Waals surface area (Å²) in [5.74, 6) is 0. The Bertz CT molecular complexity index is 257. The number of hydrogen-bond acceptors (Lipinski definition) is 0. The highest BCUT2D eigenvalue weighted by molar-refractivity contribution is 5.79. The molecule has 0 rings (SSSR count). The van der Waals surface area contributed by atoms with Crippen LogP contribution in [0.15, 0.2) is 35.5 Å². The lowest BCUT2D eigenvalue weighted by Crippen LogP contribution is -2.00. The van der Waals surface area contributed by atoms with E-state index < -0.39 is 0 Å². The molecule has 0 aliphatic rings. The van der Waals surface area contributed by atoms with Gasteiger partial charge in [0.25, 0.3) is 0 Å². The second-order valence-corrected chi connectivity index (χ2v) is 3.43. The van der Waals surface area contributed by atoms with Crippen molar-refractivity contribution in [1.82, 2.24) is 0 Å². The Labute approximate surface area is 81.8 Å². The van der Waals surface area contributed by atoms with Crippen LogP contribution in [0.2, 0.25) is 0 Å². The van der Waals surface area contributed by atoms with Gasteiger partial charge in [0.05, 0.1) is 0 Å². The third-order valence-corrected chi connectivity index (χ3v) is 1.55. The maximum atomic E-state index is 2.12. The van der Waals surface area contributed by atoms with Gasteiger partial charge in [0, 0.05) is 5.57 Å². The zero-order chi connectivity index (χ0) is 10.3. The monoisotopic (exact) mass is 178 g/mol. The predicted octanol–water partition coefficient (Wildman–Crippen LogP) is 2.80. The molecule has 0 aliphatic heterocycles. The molecule has 0 saturated carbocycles. The third-order valence-electron chi connectivity index (χ3n) is 1.55. The van der Waals surface area contributed by atoms with Gasteiger partial charge in [0.2, 0.25) is 0 Å². The van der Waals surface area contributed by atoms with Crippen LogP contribution in [-0.2, 0) is 0 Å². The lowest BCUT2D eigenvalue weighted by molar-refractivity contribution is -0.458. The molecule has 0 fully saturated rings. The number of allylic oxidation sites excluding steroid dienone is 6. The summed E-state index contributed by atoms with van der Waals surface area (Å²) in [5.41, 5.74) is 2.59. The Morgan fingerprint density at radius 1 is 1.08 bits per heavy atom. The fraction of sp³-hybridized carbons (Fsp3) is 0.417. The minimum absolute atomic E-state index is 1.27. The van der Waals surface area contributed by atoms with Crippen LogP contribution < -0.4 is 0 Å². The van der Waals surface area contributed by atoms with Gasteiger partial charge in [0.15, 0.2) is 6.21 Å². The zero-order valence-corrected chi connectivity index (χ0v) is 9.33. The second kappa shape index (κ2) is 6.41. The summed E-state index contributed by atoms with van der Waals surface area (Å²) in [6, 6.07) is 0. The molecular formula is C12H20N+. The maximum Gasteiger partial charge on any atom is 0.170 e. The van der Waals surface area contributed by atoms with Crippen molar-refractivity contribution in [2.45, 2.75) is 20.8 Å². The molecule has 0 aromatic heterocycles. The zero-order valence-electron chi connectivity index (χ0n) is 9.33. The van der Waals surface area contributed by atoms with Gasteiger partial charge in [-0.3, -0.25) is 0 Å². The van der Waals surface area contributed by atoms with E-state index in [-0.39, 0.29) is 0 Å². The van der Waals surface area contributed by atoms with E-state index >= 15 is 0 Å². The van der Waals surface area contributed by atoms with Crippen LogP contribution in [0.5, 0.6) is 0 Å². The van der Waals surface area contributed by atoms with Crippen LogP contribution in [0.1, 0.15) is 20.8 Å². The summed E-state index contributed by atoms with van der Waals surface area (Å²) in [6.45, 7) is 6.26. The van der Waals surface area contributed by atoms with E-state index in [2.05, 4.69) is 36.8 Å². The molecule has 13 heavy (non-hydrogen) atoms. The van der Waals surface area contributed by atoms with Gasteiger partial charge >= 0.3 is 0 Å². The number of hydrogen-bond donors (Lipinski definition) is 0. The van der Waals surface area contributed by atoms with Crippen molar-refractivity contribution >= 4 is 6.21 Å². The molecule has 0 heterocycles. The molecule has 1 nitrogen and oxygen atoms in total. The molecule has 0 N–H and O–H groups in total. The van der Waals surface area contributed by atoms with Gasteiger partial charge in [-0.1, -0.05) is 23.8 Å². The molecule has 0 spiro atoms. The molecule has 72 valence electrons. The van der Waals surface area contributed by atoms with E-state index in [0.717, 1.165) is 0 Å². The van der Waals surface area contributed by atoms with Crippen LogP contribution >= 0.6 is 0 Å². The summed E-state index contributed by atoms with van der Waals surface area (Å²) >= 11 is 0. The molecule has 0 bridgehead atoms. The third kappa shape index (κ3) is 6.09. The average Bonchev–Trinajstić information content (AvgIpc) is 2.02. The van der Waals surface area contributed by atoms with E-state index in [1.165, 1.54) is 11.1 Å². The molecule has 0 radical (unpaired) electrons. The van der Waals surface area contributed by atoms with Gasteiger partial charge in [-0.2, -0.15) is 0 Å². The molecule has 0 unspecified atom stereocenters. The topological polar surface area (TPSA) is 3.01 Å². The van der Waals surface area contributed by atoms with E-state index in [0.29, 0.717) is 0 Å². The quantitative estimate of drug-likeness (QED) is 0.355. The van der Waals surface area contributed by atoms with Crippen molar-refractivity contribution in [3.05, 3.63) is 35.5 Å². The lowest BCUT2D eigenvalue weighted by atomic mass is 10.1. The van der Waals surface area contributed by atoms with Crippen LogP contribution in [0.4, 0.5) is 0 Å². The van der Waals surface area contributed by atoms with E-state index in [1.807, 2.05) is 33.2 Å². The Kier molecular flexibility index (Phi) is 5.86. The molecule has 0 aliphatic carbocycles. The van der Waals surface area contributed by atoms with Crippen molar-refractivity contribution in [2.24, 2.45) is 0 Å². The summed E-state index contributed by atoms with van der Waals surface area (Å²) in [4.78, 5) is 0. The first-order chi connectivity index (χ1) is 6.07. The highest BCUT2D eigenvalue weighted by Gasteiger charge is 1.94. The Hall–Kier alpha value is -1.11. The molecule has 0 aromatic carbocycles. The fourth-order valence-electron chi connectivity index (χ4n) is 0.887. The molecule has 0 aromatic rings. The van der Waals surface area contributed by atoms with Gasteiger partial charge in [-0.15, -0.1) is 0 Å². The first-order valence-electron chi connectivity index (χ1n) is 4.56. The summed E-state index contributed by atoms with van der Waals surface area (Å²) in [5, 5.41) is 0. The highest BCUT2D eigenvalue weighted by atomic mass is 14.9. The van der Waals surface area contributed by atoms with Gasteiger partial charge in [-0.05, 0) is 26.8 Å². The second-order valence-electron chi connectivity index (χ2n) is 3.43. The summed E-state index contributed by atoms with van der Waals surface area (Å²) in [7, 11) is 4.07. The first kappa shape index (κ1) is 11.9. The minimum Gasteiger partial charge on any atom is -0.241 e. The van der Waals surface area contributed by atoms with E-state index in [4.69, 9.17) is 0 Å². The predicted molar refractivity (Wildman–Crippen MR) is 60.5 cm³/mol. The Morgan fingerprint density at radius 3 is 2.08 bits per heavy atom. The van der Waals surface area contributed by atoms with Crippen molar-refractivity contribution in [1.29, 1.82) is 0 Å². The maximum absolute atomic E-state index is 2.12. The molecule has 0 atom stereocenters. The van der Waals surface area contributed by atoms with Gasteiger partial charge in [0.1, 0.15) is 14.1 Å². The van der Waals surface area contributed by atoms with Crippen LogP contribution in [0.3, 0.4) is 0 Å². The summed E-state index contributed by atoms with van der Waals surface area (Å²) in [6.07, 6.45) is 10.4. The molecular weight excluding hydrogens is 158 g/mol. The Balaban J connectivity index is 4.67. The fourth-order valence-corrected chi connectivity index (χ4v) is 0.887. The van der Waals surface area contributed by atoms with Crippen molar-refractivity contribution in [3.8, 4) is 0 Å². The SMILES string of the molecule is CC=CC=CC(C=[N+](C)C)=C(C)C. The van der Waals surface area contributed by atoms with Gasteiger partial charge < -0.3 is 0 Å². The van der Waals surface area contributed by atoms with Crippen molar-refractivity contribution in [3.63, 3.8) is 0 Å².